The molecule has 23 heavy (non-hydrogen) atoms. The number of aromatic nitrogens is 2. The molecule has 2 aromatic rings. The zero-order valence-corrected chi connectivity index (χ0v) is 14.2. The van der Waals surface area contributed by atoms with E-state index < -0.39 is 5.60 Å². The summed E-state index contributed by atoms with van der Waals surface area (Å²) in [7, 11) is 2.03. The minimum absolute atomic E-state index is 0.234. The third-order valence-electron chi connectivity index (χ3n) is 3.98. The highest BCUT2D eigenvalue weighted by Crippen LogP contribution is 2.22. The highest BCUT2D eigenvalue weighted by atomic mass is 16.6. The lowest BCUT2D eigenvalue weighted by Gasteiger charge is -2.36. The molecule has 1 aliphatic heterocycles. The van der Waals surface area contributed by atoms with E-state index in [0.29, 0.717) is 13.1 Å². The lowest BCUT2D eigenvalue weighted by atomic mass is 10.2. The molecule has 0 bridgehead atoms. The van der Waals surface area contributed by atoms with Gasteiger partial charge in [-0.1, -0.05) is 12.1 Å². The van der Waals surface area contributed by atoms with E-state index in [-0.39, 0.29) is 6.09 Å². The predicted octanol–water partition coefficient (Wildman–Crippen LogP) is 2.63. The van der Waals surface area contributed by atoms with E-state index in [1.54, 1.807) is 4.90 Å². The van der Waals surface area contributed by atoms with Crippen LogP contribution in [0.1, 0.15) is 20.8 Å². The Hall–Kier alpha value is -2.24. The average molecular weight is 316 g/mol. The minimum atomic E-state index is -0.453. The van der Waals surface area contributed by atoms with E-state index in [0.717, 1.165) is 30.1 Å². The Morgan fingerprint density at radius 1 is 1.13 bits per heavy atom. The van der Waals surface area contributed by atoms with Crippen LogP contribution >= 0.6 is 0 Å². The molecule has 1 aromatic heterocycles. The smallest absolute Gasteiger partial charge is 0.410 e. The topological polar surface area (TPSA) is 50.6 Å². The molecule has 1 saturated heterocycles. The second-order valence-electron chi connectivity index (χ2n) is 6.91. The van der Waals surface area contributed by atoms with Gasteiger partial charge in [0.2, 0.25) is 5.95 Å². The summed E-state index contributed by atoms with van der Waals surface area (Å²) < 4.78 is 7.55. The standard InChI is InChI=1S/C17H24N4O2/c1-17(2,3)23-16(22)21-11-9-20(10-12-21)15-18-13-7-5-6-8-14(13)19(15)4/h5-8H,9-12H2,1-4H3. The van der Waals surface area contributed by atoms with Crippen LogP contribution in [0.4, 0.5) is 10.7 Å². The van der Waals surface area contributed by atoms with E-state index in [4.69, 9.17) is 9.72 Å². The van der Waals surface area contributed by atoms with E-state index in [1.807, 2.05) is 46.0 Å². The second kappa shape index (κ2) is 5.76. The molecule has 0 atom stereocenters. The molecule has 0 unspecified atom stereocenters. The molecular formula is C17H24N4O2. The Balaban J connectivity index is 1.69. The van der Waals surface area contributed by atoms with E-state index in [1.165, 1.54) is 0 Å². The Labute approximate surface area is 136 Å². The number of amides is 1. The highest BCUT2D eigenvalue weighted by molar-refractivity contribution is 5.78. The van der Waals surface area contributed by atoms with Gasteiger partial charge < -0.3 is 19.1 Å². The van der Waals surface area contributed by atoms with Crippen molar-refractivity contribution in [3.05, 3.63) is 24.3 Å². The van der Waals surface area contributed by atoms with Gasteiger partial charge in [-0.2, -0.15) is 0 Å². The molecule has 0 aliphatic carbocycles. The number of fused-ring (bicyclic) bond motifs is 1. The maximum Gasteiger partial charge on any atom is 0.410 e. The van der Waals surface area contributed by atoms with Crippen molar-refractivity contribution in [2.75, 3.05) is 31.1 Å². The SMILES string of the molecule is Cn1c(N2CCN(C(=O)OC(C)(C)C)CC2)nc2ccccc21. The fourth-order valence-corrected chi connectivity index (χ4v) is 2.83. The van der Waals surface area contributed by atoms with Crippen molar-refractivity contribution in [2.45, 2.75) is 26.4 Å². The Bertz CT molecular complexity index is 709. The quantitative estimate of drug-likeness (QED) is 0.811. The molecule has 6 heteroatoms. The van der Waals surface area contributed by atoms with Gasteiger partial charge in [-0.3, -0.25) is 0 Å². The summed E-state index contributed by atoms with van der Waals surface area (Å²) in [5.74, 6) is 0.954. The van der Waals surface area contributed by atoms with E-state index in [2.05, 4.69) is 15.5 Å². The number of ether oxygens (including phenoxy) is 1. The number of benzene rings is 1. The van der Waals surface area contributed by atoms with Crippen molar-refractivity contribution in [1.82, 2.24) is 14.5 Å². The first kappa shape index (κ1) is 15.6. The van der Waals surface area contributed by atoms with Gasteiger partial charge in [0.25, 0.3) is 0 Å². The molecule has 0 spiro atoms. The van der Waals surface area contributed by atoms with Crippen molar-refractivity contribution in [2.24, 2.45) is 7.05 Å². The Morgan fingerprint density at radius 3 is 2.39 bits per heavy atom. The average Bonchev–Trinajstić information content (AvgIpc) is 2.83. The molecule has 6 nitrogen and oxygen atoms in total. The maximum atomic E-state index is 12.1. The van der Waals surface area contributed by atoms with Crippen LogP contribution in [0.5, 0.6) is 0 Å². The van der Waals surface area contributed by atoms with Crippen LogP contribution in [0, 0.1) is 0 Å². The summed E-state index contributed by atoms with van der Waals surface area (Å²) in [6.07, 6.45) is -0.234. The van der Waals surface area contributed by atoms with Gasteiger partial charge in [0.15, 0.2) is 0 Å². The van der Waals surface area contributed by atoms with Gasteiger partial charge in [-0.25, -0.2) is 9.78 Å². The number of para-hydroxylation sites is 2. The number of nitrogens with zero attached hydrogens (tertiary/aromatic N) is 4. The molecule has 0 saturated carbocycles. The number of aryl methyl sites for hydroxylation is 1. The first-order valence-corrected chi connectivity index (χ1v) is 7.99. The van der Waals surface area contributed by atoms with Crippen LogP contribution in [0.25, 0.3) is 11.0 Å². The zero-order valence-electron chi connectivity index (χ0n) is 14.2. The van der Waals surface area contributed by atoms with Gasteiger partial charge >= 0.3 is 6.09 Å². The summed E-state index contributed by atoms with van der Waals surface area (Å²) in [6.45, 7) is 8.49. The molecule has 3 rings (SSSR count). The molecule has 0 N–H and O–H groups in total. The molecule has 1 fully saturated rings. The molecule has 0 radical (unpaired) electrons. The predicted molar refractivity (Wildman–Crippen MR) is 90.7 cm³/mol. The number of imidazole rings is 1. The van der Waals surface area contributed by atoms with Crippen molar-refractivity contribution >= 4 is 23.1 Å². The van der Waals surface area contributed by atoms with Crippen molar-refractivity contribution in [3.8, 4) is 0 Å². The Morgan fingerprint density at radius 2 is 1.78 bits per heavy atom. The monoisotopic (exact) mass is 316 g/mol. The van der Waals surface area contributed by atoms with Gasteiger partial charge in [-0.15, -0.1) is 0 Å². The van der Waals surface area contributed by atoms with Crippen molar-refractivity contribution < 1.29 is 9.53 Å². The number of rotatable bonds is 1. The van der Waals surface area contributed by atoms with Crippen molar-refractivity contribution in [1.29, 1.82) is 0 Å². The van der Waals surface area contributed by atoms with Gasteiger partial charge in [-0.05, 0) is 32.9 Å². The first-order valence-electron chi connectivity index (χ1n) is 7.99. The Kier molecular flexibility index (Phi) is 3.92. The number of hydrogen-bond donors (Lipinski definition) is 0. The molecule has 1 aliphatic rings. The van der Waals surface area contributed by atoms with Crippen LogP contribution in [0.2, 0.25) is 0 Å². The second-order valence-corrected chi connectivity index (χ2v) is 6.91. The summed E-state index contributed by atoms with van der Waals surface area (Å²) in [5.41, 5.74) is 1.67. The summed E-state index contributed by atoms with van der Waals surface area (Å²) in [6, 6.07) is 8.12. The molecule has 1 aromatic carbocycles. The zero-order chi connectivity index (χ0) is 16.6. The lowest BCUT2D eigenvalue weighted by molar-refractivity contribution is 0.0240. The first-order chi connectivity index (χ1) is 10.8. The van der Waals surface area contributed by atoms with Crippen LogP contribution in [0.15, 0.2) is 24.3 Å². The molecule has 2 heterocycles. The molecule has 124 valence electrons. The van der Waals surface area contributed by atoms with Crippen molar-refractivity contribution in [3.63, 3.8) is 0 Å². The van der Waals surface area contributed by atoms with E-state index in [9.17, 15) is 4.79 Å². The third-order valence-corrected chi connectivity index (χ3v) is 3.98. The van der Waals surface area contributed by atoms with Gasteiger partial charge in [0, 0.05) is 33.2 Å². The van der Waals surface area contributed by atoms with Gasteiger partial charge in [0.1, 0.15) is 5.60 Å². The number of anilines is 1. The van der Waals surface area contributed by atoms with Crippen LogP contribution in [-0.4, -0.2) is 52.3 Å². The maximum absolute atomic E-state index is 12.1. The number of carbonyl (C=O) groups excluding carboxylic acids is 1. The summed E-state index contributed by atoms with van der Waals surface area (Å²) >= 11 is 0. The summed E-state index contributed by atoms with van der Waals surface area (Å²) in [4.78, 5) is 20.8. The fraction of sp³-hybridized carbons (Fsp3) is 0.529. The van der Waals surface area contributed by atoms with Crippen LogP contribution in [0.3, 0.4) is 0 Å². The van der Waals surface area contributed by atoms with Crippen LogP contribution in [-0.2, 0) is 11.8 Å². The number of hydrogen-bond acceptors (Lipinski definition) is 4. The molecule has 1 amide bonds. The largest absolute Gasteiger partial charge is 0.444 e. The number of piperazine rings is 1. The number of carbonyl (C=O) groups is 1. The highest BCUT2D eigenvalue weighted by Gasteiger charge is 2.27. The van der Waals surface area contributed by atoms with Crippen LogP contribution < -0.4 is 4.90 Å². The van der Waals surface area contributed by atoms with E-state index >= 15 is 0 Å². The lowest BCUT2D eigenvalue weighted by Crippen LogP contribution is -2.50. The van der Waals surface area contributed by atoms with Gasteiger partial charge in [0.05, 0.1) is 11.0 Å². The normalized spacial score (nSPS) is 16.0. The fourth-order valence-electron chi connectivity index (χ4n) is 2.83. The minimum Gasteiger partial charge on any atom is -0.444 e. The molecular weight excluding hydrogens is 292 g/mol. The third kappa shape index (κ3) is 3.25. The summed E-state index contributed by atoms with van der Waals surface area (Å²) in [5, 5.41) is 0.